The molecule has 4 rings (SSSR count). The molecule has 2 atom stereocenters. The summed E-state index contributed by atoms with van der Waals surface area (Å²) in [7, 11) is 4.57. The average molecular weight is 501 g/mol. The van der Waals surface area contributed by atoms with E-state index in [1.165, 1.54) is 35.2 Å². The molecular weight excluding hydrogens is 472 g/mol. The molecule has 0 bridgehead atoms. The zero-order valence-corrected chi connectivity index (χ0v) is 20.7. The largest absolute Gasteiger partial charge is 0.493 e. The van der Waals surface area contributed by atoms with E-state index in [1.807, 2.05) is 6.07 Å². The predicted octanol–water partition coefficient (Wildman–Crippen LogP) is 3.67. The highest BCUT2D eigenvalue weighted by molar-refractivity contribution is 5.71. The predicted molar refractivity (Wildman–Crippen MR) is 126 cm³/mol. The summed E-state index contributed by atoms with van der Waals surface area (Å²) in [5, 5.41) is 0. The molecule has 10 nitrogen and oxygen atoms in total. The van der Waals surface area contributed by atoms with E-state index in [0.29, 0.717) is 51.2 Å². The molecule has 2 aromatic carbocycles. The van der Waals surface area contributed by atoms with Gasteiger partial charge in [0.05, 0.1) is 27.2 Å². The molecule has 2 heterocycles. The van der Waals surface area contributed by atoms with Crippen molar-refractivity contribution in [2.24, 2.45) is 5.92 Å². The Labute approximate surface area is 208 Å². The third kappa shape index (κ3) is 4.98. The summed E-state index contributed by atoms with van der Waals surface area (Å²) in [6.07, 6.45) is -0.621. The fourth-order valence-electron chi connectivity index (χ4n) is 4.24. The van der Waals surface area contributed by atoms with Gasteiger partial charge in [0, 0.05) is 30.5 Å². The van der Waals surface area contributed by atoms with E-state index in [1.54, 1.807) is 24.3 Å². The first-order chi connectivity index (χ1) is 17.4. The molecule has 2 aliphatic heterocycles. The maximum Gasteiger partial charge on any atom is 0.302 e. The number of benzene rings is 2. The summed E-state index contributed by atoms with van der Waals surface area (Å²) in [6.45, 7) is 2.74. The number of carbonyl (C=O) groups excluding carboxylic acids is 2. The first-order valence-corrected chi connectivity index (χ1v) is 11.2. The molecular formula is C26H28O10. The third-order valence-corrected chi connectivity index (χ3v) is 5.90. The van der Waals surface area contributed by atoms with Gasteiger partial charge in [-0.1, -0.05) is 0 Å². The first kappa shape index (κ1) is 25.0. The highest BCUT2D eigenvalue weighted by Crippen LogP contribution is 2.50. The summed E-state index contributed by atoms with van der Waals surface area (Å²) < 4.78 is 44.7. The van der Waals surface area contributed by atoms with Crippen LogP contribution in [0, 0.1) is 5.92 Å². The van der Waals surface area contributed by atoms with Gasteiger partial charge in [-0.05, 0) is 30.3 Å². The highest BCUT2D eigenvalue weighted by Gasteiger charge is 2.41. The minimum atomic E-state index is -0.621. The van der Waals surface area contributed by atoms with Crippen LogP contribution in [0.4, 0.5) is 0 Å². The summed E-state index contributed by atoms with van der Waals surface area (Å²) in [6, 6.07) is 8.96. The van der Waals surface area contributed by atoms with E-state index < -0.39 is 24.0 Å². The van der Waals surface area contributed by atoms with E-state index in [4.69, 9.17) is 37.9 Å². The van der Waals surface area contributed by atoms with Crippen molar-refractivity contribution >= 4 is 17.7 Å². The normalized spacial score (nSPS) is 17.9. The van der Waals surface area contributed by atoms with Crippen LogP contribution in [-0.2, 0) is 23.8 Å². The summed E-state index contributed by atoms with van der Waals surface area (Å²) in [5.74, 6) is 1.64. The van der Waals surface area contributed by atoms with Crippen molar-refractivity contribution in [1.82, 2.24) is 0 Å². The van der Waals surface area contributed by atoms with Crippen LogP contribution in [0.3, 0.4) is 0 Å². The first-order valence-electron chi connectivity index (χ1n) is 11.2. The average Bonchev–Trinajstić information content (AvgIpc) is 3.49. The Morgan fingerprint density at radius 1 is 0.889 bits per heavy atom. The fraction of sp³-hybridized carbons (Fsp3) is 0.385. The standard InChI is InChI=1S/C26H28O10/c1-14(27)32-11-18-19(12-33-15(2)28)25(17-9-22(29-3)26(31-5)23(10-17)30-4)36-24(18)16-6-7-20-21(8-16)35-13-34-20/h6-10,19,25H,11-13H2,1-5H3/t19-,25+/m1/s1. The quantitative estimate of drug-likeness (QED) is 0.473. The van der Waals surface area contributed by atoms with Gasteiger partial charge < -0.3 is 37.9 Å². The molecule has 36 heavy (non-hydrogen) atoms. The zero-order valence-electron chi connectivity index (χ0n) is 20.7. The maximum absolute atomic E-state index is 11.7. The second kappa shape index (κ2) is 10.7. The molecule has 2 aliphatic rings. The fourth-order valence-corrected chi connectivity index (χ4v) is 4.24. The maximum atomic E-state index is 11.7. The molecule has 0 saturated carbocycles. The van der Waals surface area contributed by atoms with Gasteiger partial charge >= 0.3 is 11.9 Å². The van der Waals surface area contributed by atoms with Gasteiger partial charge in [-0.3, -0.25) is 9.59 Å². The van der Waals surface area contributed by atoms with Crippen molar-refractivity contribution in [3.05, 3.63) is 47.0 Å². The minimum absolute atomic E-state index is 0.00130. The van der Waals surface area contributed by atoms with Crippen molar-refractivity contribution in [2.45, 2.75) is 20.0 Å². The number of carbonyl (C=O) groups is 2. The topological polar surface area (TPSA) is 108 Å². The third-order valence-electron chi connectivity index (χ3n) is 5.90. The van der Waals surface area contributed by atoms with E-state index in [-0.39, 0.29) is 20.0 Å². The summed E-state index contributed by atoms with van der Waals surface area (Å²) in [5.41, 5.74) is 2.05. The van der Waals surface area contributed by atoms with Crippen molar-refractivity contribution in [2.75, 3.05) is 41.3 Å². The lowest BCUT2D eigenvalue weighted by Crippen LogP contribution is -2.21. The molecule has 10 heteroatoms. The monoisotopic (exact) mass is 500 g/mol. The number of hydrogen-bond acceptors (Lipinski definition) is 10. The lowest BCUT2D eigenvalue weighted by atomic mass is 9.90. The van der Waals surface area contributed by atoms with Crippen LogP contribution in [0.2, 0.25) is 0 Å². The van der Waals surface area contributed by atoms with Crippen LogP contribution in [-0.4, -0.2) is 53.3 Å². The van der Waals surface area contributed by atoms with Crippen molar-refractivity contribution < 1.29 is 47.5 Å². The lowest BCUT2D eigenvalue weighted by molar-refractivity contribution is -0.144. The van der Waals surface area contributed by atoms with Gasteiger partial charge in [-0.2, -0.15) is 0 Å². The molecule has 0 unspecified atom stereocenters. The Bertz CT molecular complexity index is 1160. The molecule has 192 valence electrons. The van der Waals surface area contributed by atoms with Crippen LogP contribution >= 0.6 is 0 Å². The Balaban J connectivity index is 1.81. The number of ether oxygens (including phenoxy) is 8. The molecule has 0 amide bonds. The molecule has 0 radical (unpaired) electrons. The van der Waals surface area contributed by atoms with Gasteiger partial charge in [0.2, 0.25) is 12.5 Å². The van der Waals surface area contributed by atoms with Gasteiger partial charge in [-0.15, -0.1) is 0 Å². The number of fused-ring (bicyclic) bond motifs is 1. The lowest BCUT2D eigenvalue weighted by Gasteiger charge is -2.23. The van der Waals surface area contributed by atoms with Gasteiger partial charge in [-0.25, -0.2) is 0 Å². The molecule has 0 spiro atoms. The van der Waals surface area contributed by atoms with Gasteiger partial charge in [0.1, 0.15) is 25.1 Å². The van der Waals surface area contributed by atoms with Gasteiger partial charge in [0.15, 0.2) is 23.0 Å². The Morgan fingerprint density at radius 2 is 1.56 bits per heavy atom. The van der Waals surface area contributed by atoms with Crippen molar-refractivity contribution in [1.29, 1.82) is 0 Å². The number of esters is 2. The molecule has 0 aliphatic carbocycles. The molecule has 0 aromatic heterocycles. The smallest absolute Gasteiger partial charge is 0.302 e. The minimum Gasteiger partial charge on any atom is -0.493 e. The Hall–Kier alpha value is -4.08. The van der Waals surface area contributed by atoms with Crippen LogP contribution in [0.1, 0.15) is 31.1 Å². The summed E-state index contributed by atoms with van der Waals surface area (Å²) in [4.78, 5) is 23.4. The van der Waals surface area contributed by atoms with E-state index in [9.17, 15) is 9.59 Å². The van der Waals surface area contributed by atoms with Crippen LogP contribution in [0.5, 0.6) is 28.7 Å². The molecule has 0 fully saturated rings. The van der Waals surface area contributed by atoms with Gasteiger partial charge in [0.25, 0.3) is 0 Å². The second-order valence-electron chi connectivity index (χ2n) is 8.11. The Kier molecular flexibility index (Phi) is 7.42. The van der Waals surface area contributed by atoms with Crippen LogP contribution in [0.15, 0.2) is 35.9 Å². The van der Waals surface area contributed by atoms with Crippen LogP contribution < -0.4 is 23.7 Å². The van der Waals surface area contributed by atoms with Crippen LogP contribution in [0.25, 0.3) is 5.76 Å². The number of methoxy groups -OCH3 is 3. The number of rotatable bonds is 9. The highest BCUT2D eigenvalue weighted by atomic mass is 16.7. The molecule has 0 N–H and O–H groups in total. The second-order valence-corrected chi connectivity index (χ2v) is 8.11. The molecule has 0 saturated heterocycles. The summed E-state index contributed by atoms with van der Waals surface area (Å²) >= 11 is 0. The number of hydrogen-bond donors (Lipinski definition) is 0. The van der Waals surface area contributed by atoms with E-state index in [0.717, 1.165) is 0 Å². The van der Waals surface area contributed by atoms with E-state index >= 15 is 0 Å². The SMILES string of the molecule is COc1cc([C@@H]2OC(c3ccc4c(c3)OCO4)=C(COC(C)=O)[C@H]2COC(C)=O)cc(OC)c1OC. The Morgan fingerprint density at radius 3 is 2.17 bits per heavy atom. The molecule has 2 aromatic rings. The zero-order chi connectivity index (χ0) is 25.8. The van der Waals surface area contributed by atoms with E-state index in [2.05, 4.69) is 0 Å². The van der Waals surface area contributed by atoms with Crippen molar-refractivity contribution in [3.8, 4) is 28.7 Å². The van der Waals surface area contributed by atoms with Crippen molar-refractivity contribution in [3.63, 3.8) is 0 Å².